The Morgan fingerprint density at radius 2 is 2.60 bits per heavy atom. The lowest BCUT2D eigenvalue weighted by atomic mass is 10.2. The van der Waals surface area contributed by atoms with Crippen molar-refractivity contribution in [3.05, 3.63) is 0 Å². The predicted octanol–water partition coefficient (Wildman–Crippen LogP) is -1.59. The lowest BCUT2D eigenvalue weighted by molar-refractivity contribution is -0.131. The monoisotopic (exact) mass is 144 g/mol. The van der Waals surface area contributed by atoms with Gasteiger partial charge in [-0.15, -0.1) is 0 Å². The van der Waals surface area contributed by atoms with Crippen molar-refractivity contribution in [1.29, 1.82) is 0 Å². The molecule has 0 saturated carbocycles. The summed E-state index contributed by atoms with van der Waals surface area (Å²) in [5.41, 5.74) is 0. The number of amides is 1. The first-order valence-electron chi connectivity index (χ1n) is 3.32. The van der Waals surface area contributed by atoms with Crippen LogP contribution in [0, 0.1) is 0 Å². The van der Waals surface area contributed by atoms with Crippen LogP contribution in [0.2, 0.25) is 0 Å². The Balaban J connectivity index is 2.40. The molecule has 1 aliphatic heterocycles. The average molecular weight is 144 g/mol. The number of carbonyl (C=O) groups excluding carboxylic acids is 1. The fraction of sp³-hybridized carbons (Fsp3) is 0.833. The van der Waals surface area contributed by atoms with Crippen LogP contribution in [0.1, 0.15) is 0 Å². The Bertz CT molecular complexity index is 138. The van der Waals surface area contributed by atoms with Gasteiger partial charge in [-0.1, -0.05) is 0 Å². The molecule has 4 heteroatoms. The first kappa shape index (κ1) is 7.50. The van der Waals surface area contributed by atoms with Gasteiger partial charge in [-0.3, -0.25) is 4.79 Å². The number of nitrogens with zero attached hydrogens (tertiary/aromatic N) is 1. The molecule has 1 rings (SSSR count). The summed E-state index contributed by atoms with van der Waals surface area (Å²) in [6.07, 6.45) is 0. The summed E-state index contributed by atoms with van der Waals surface area (Å²) < 4.78 is 0. The normalized spacial score (nSPS) is 27.2. The maximum absolute atomic E-state index is 10.8. The molecule has 2 N–H and O–H groups in total. The molecule has 0 aromatic rings. The minimum absolute atomic E-state index is 0.0581. The van der Waals surface area contributed by atoms with E-state index in [4.69, 9.17) is 5.11 Å². The van der Waals surface area contributed by atoms with Gasteiger partial charge in [0.15, 0.2) is 0 Å². The summed E-state index contributed by atoms with van der Waals surface area (Å²) in [6, 6.07) is 0.0581. The second kappa shape index (κ2) is 2.98. The maximum atomic E-state index is 10.8. The van der Waals surface area contributed by atoms with Crippen LogP contribution in [0.25, 0.3) is 0 Å². The molecule has 1 amide bonds. The lowest BCUT2D eigenvalue weighted by Gasteiger charge is -2.29. The number of carbonyl (C=O) groups is 1. The molecule has 0 unspecified atom stereocenters. The molecular weight excluding hydrogens is 132 g/mol. The van der Waals surface area contributed by atoms with Gasteiger partial charge in [-0.25, -0.2) is 0 Å². The van der Waals surface area contributed by atoms with Crippen LogP contribution in [-0.2, 0) is 4.79 Å². The van der Waals surface area contributed by atoms with Gasteiger partial charge in [-0.05, 0) is 0 Å². The van der Waals surface area contributed by atoms with Gasteiger partial charge in [0, 0.05) is 19.6 Å². The SMILES string of the molecule is CN1C[C@H](CO)NCC1=O. The number of likely N-dealkylation sites (N-methyl/N-ethyl adjacent to an activating group) is 1. The van der Waals surface area contributed by atoms with Gasteiger partial charge in [0.2, 0.25) is 5.91 Å². The van der Waals surface area contributed by atoms with Gasteiger partial charge >= 0.3 is 0 Å². The van der Waals surface area contributed by atoms with E-state index in [1.54, 1.807) is 11.9 Å². The van der Waals surface area contributed by atoms with E-state index in [2.05, 4.69) is 5.32 Å². The number of hydrogen-bond donors (Lipinski definition) is 2. The highest BCUT2D eigenvalue weighted by molar-refractivity contribution is 5.78. The van der Waals surface area contributed by atoms with Gasteiger partial charge < -0.3 is 15.3 Å². The lowest BCUT2D eigenvalue weighted by Crippen LogP contribution is -2.53. The molecular formula is C6H12N2O2. The number of aliphatic hydroxyl groups is 1. The summed E-state index contributed by atoms with van der Waals surface area (Å²) >= 11 is 0. The number of rotatable bonds is 1. The third-order valence-electron chi connectivity index (χ3n) is 1.68. The summed E-state index contributed by atoms with van der Waals surface area (Å²) in [7, 11) is 1.74. The van der Waals surface area contributed by atoms with Crippen molar-refractivity contribution < 1.29 is 9.90 Å². The second-order valence-corrected chi connectivity index (χ2v) is 2.53. The average Bonchev–Trinajstić information content (AvgIpc) is 1.95. The summed E-state index contributed by atoms with van der Waals surface area (Å²) in [4.78, 5) is 12.5. The van der Waals surface area contributed by atoms with Crippen LogP contribution >= 0.6 is 0 Å². The molecule has 1 aliphatic rings. The minimum Gasteiger partial charge on any atom is -0.395 e. The molecule has 0 aromatic carbocycles. The first-order valence-corrected chi connectivity index (χ1v) is 3.32. The number of nitrogens with one attached hydrogen (secondary N) is 1. The van der Waals surface area contributed by atoms with Crippen molar-refractivity contribution in [2.24, 2.45) is 0 Å². The van der Waals surface area contributed by atoms with Crippen molar-refractivity contribution in [1.82, 2.24) is 10.2 Å². The molecule has 58 valence electrons. The van der Waals surface area contributed by atoms with E-state index in [-0.39, 0.29) is 18.6 Å². The zero-order valence-corrected chi connectivity index (χ0v) is 6.00. The van der Waals surface area contributed by atoms with E-state index >= 15 is 0 Å². The molecule has 10 heavy (non-hydrogen) atoms. The van der Waals surface area contributed by atoms with E-state index in [1.807, 2.05) is 0 Å². The Kier molecular flexibility index (Phi) is 2.24. The smallest absolute Gasteiger partial charge is 0.236 e. The number of aliphatic hydroxyl groups excluding tert-OH is 1. The van der Waals surface area contributed by atoms with Crippen molar-refractivity contribution in [2.45, 2.75) is 6.04 Å². The van der Waals surface area contributed by atoms with Crippen LogP contribution in [0.15, 0.2) is 0 Å². The number of hydrogen-bond acceptors (Lipinski definition) is 3. The fourth-order valence-electron chi connectivity index (χ4n) is 0.986. The van der Waals surface area contributed by atoms with E-state index in [9.17, 15) is 4.79 Å². The molecule has 1 fully saturated rings. The predicted molar refractivity (Wildman–Crippen MR) is 36.5 cm³/mol. The summed E-state index contributed by atoms with van der Waals surface area (Å²) in [5, 5.41) is 11.6. The molecule has 1 atom stereocenters. The van der Waals surface area contributed by atoms with Crippen molar-refractivity contribution >= 4 is 5.91 Å². The highest BCUT2D eigenvalue weighted by Gasteiger charge is 2.20. The van der Waals surface area contributed by atoms with Crippen LogP contribution in [0.4, 0.5) is 0 Å². The van der Waals surface area contributed by atoms with Crippen LogP contribution in [-0.4, -0.2) is 48.7 Å². The van der Waals surface area contributed by atoms with Crippen LogP contribution < -0.4 is 5.32 Å². The Morgan fingerprint density at radius 3 is 3.10 bits per heavy atom. The molecule has 4 nitrogen and oxygen atoms in total. The highest BCUT2D eigenvalue weighted by atomic mass is 16.3. The molecule has 0 radical (unpaired) electrons. The molecule has 1 saturated heterocycles. The minimum atomic E-state index is 0.0581. The Labute approximate surface area is 59.8 Å². The second-order valence-electron chi connectivity index (χ2n) is 2.53. The van der Waals surface area contributed by atoms with Crippen molar-refractivity contribution in [3.63, 3.8) is 0 Å². The Hall–Kier alpha value is -0.610. The quantitative estimate of drug-likeness (QED) is 0.466. The number of piperazine rings is 1. The maximum Gasteiger partial charge on any atom is 0.236 e. The van der Waals surface area contributed by atoms with E-state index in [1.165, 1.54) is 0 Å². The standard InChI is InChI=1S/C6H12N2O2/c1-8-3-5(4-9)7-2-6(8)10/h5,7,9H,2-4H2,1H3/t5-/m1/s1. The van der Waals surface area contributed by atoms with Gasteiger partial charge in [-0.2, -0.15) is 0 Å². The zero-order valence-electron chi connectivity index (χ0n) is 6.00. The van der Waals surface area contributed by atoms with E-state index < -0.39 is 0 Å². The van der Waals surface area contributed by atoms with E-state index in [0.717, 1.165) is 0 Å². The first-order chi connectivity index (χ1) is 4.74. The van der Waals surface area contributed by atoms with Crippen LogP contribution in [0.5, 0.6) is 0 Å². The summed E-state index contributed by atoms with van der Waals surface area (Å²) in [6.45, 7) is 1.05. The zero-order chi connectivity index (χ0) is 7.56. The molecule has 0 spiro atoms. The van der Waals surface area contributed by atoms with E-state index in [0.29, 0.717) is 13.1 Å². The van der Waals surface area contributed by atoms with Gasteiger partial charge in [0.1, 0.15) is 0 Å². The third-order valence-corrected chi connectivity index (χ3v) is 1.68. The molecule has 1 heterocycles. The fourth-order valence-corrected chi connectivity index (χ4v) is 0.986. The molecule has 0 bridgehead atoms. The van der Waals surface area contributed by atoms with Crippen molar-refractivity contribution in [2.75, 3.05) is 26.7 Å². The molecule has 0 aromatic heterocycles. The molecule has 0 aliphatic carbocycles. The van der Waals surface area contributed by atoms with Crippen LogP contribution in [0.3, 0.4) is 0 Å². The highest BCUT2D eigenvalue weighted by Crippen LogP contribution is 1.95. The topological polar surface area (TPSA) is 52.6 Å². The third kappa shape index (κ3) is 1.46. The largest absolute Gasteiger partial charge is 0.395 e. The van der Waals surface area contributed by atoms with Crippen molar-refractivity contribution in [3.8, 4) is 0 Å². The Morgan fingerprint density at radius 1 is 1.90 bits per heavy atom. The van der Waals surface area contributed by atoms with Gasteiger partial charge in [0.05, 0.1) is 13.2 Å². The van der Waals surface area contributed by atoms with Gasteiger partial charge in [0.25, 0.3) is 0 Å². The summed E-state index contributed by atoms with van der Waals surface area (Å²) in [5.74, 6) is 0.0877.